The summed E-state index contributed by atoms with van der Waals surface area (Å²) in [6, 6.07) is 19.3. The van der Waals surface area contributed by atoms with Crippen molar-refractivity contribution in [1.82, 2.24) is 0 Å². The van der Waals surface area contributed by atoms with Gasteiger partial charge in [-0.2, -0.15) is 0 Å². The molecule has 0 aliphatic rings. The standard InChI is InChI=1S/C26H24O4/c1-16-13-18(3)24-22(14-16)23(27)26(29-15-20-8-6-5-7-17(20)2)25(30-24)19-9-11-21(28-4)12-10-19/h5-14H,15H2,1-4H3. The van der Waals surface area contributed by atoms with Crippen molar-refractivity contribution in [2.24, 2.45) is 0 Å². The normalized spacial score (nSPS) is 10.9. The Hall–Kier alpha value is -3.53. The van der Waals surface area contributed by atoms with Crippen molar-refractivity contribution in [3.05, 3.63) is 93.1 Å². The lowest BCUT2D eigenvalue weighted by Crippen LogP contribution is -2.11. The summed E-state index contributed by atoms with van der Waals surface area (Å²) in [6.07, 6.45) is 0. The van der Waals surface area contributed by atoms with Crippen LogP contribution in [0.2, 0.25) is 0 Å². The number of benzene rings is 3. The van der Waals surface area contributed by atoms with Gasteiger partial charge in [-0.3, -0.25) is 4.79 Å². The third kappa shape index (κ3) is 3.69. The minimum absolute atomic E-state index is 0.164. The molecule has 4 rings (SSSR count). The number of hydrogen-bond acceptors (Lipinski definition) is 4. The van der Waals surface area contributed by atoms with E-state index in [0.717, 1.165) is 33.6 Å². The number of ether oxygens (including phenoxy) is 2. The second-order valence-electron chi connectivity index (χ2n) is 7.49. The fourth-order valence-electron chi connectivity index (χ4n) is 3.62. The maximum Gasteiger partial charge on any atom is 0.235 e. The fourth-order valence-corrected chi connectivity index (χ4v) is 3.62. The first-order chi connectivity index (χ1) is 14.5. The molecular formula is C26H24O4. The monoisotopic (exact) mass is 400 g/mol. The summed E-state index contributed by atoms with van der Waals surface area (Å²) < 4.78 is 17.6. The van der Waals surface area contributed by atoms with Crippen LogP contribution in [0, 0.1) is 20.8 Å². The topological polar surface area (TPSA) is 48.7 Å². The fraction of sp³-hybridized carbons (Fsp3) is 0.192. The van der Waals surface area contributed by atoms with Crippen molar-refractivity contribution in [1.29, 1.82) is 0 Å². The average molecular weight is 400 g/mol. The van der Waals surface area contributed by atoms with Crippen molar-refractivity contribution in [3.8, 4) is 22.8 Å². The van der Waals surface area contributed by atoms with E-state index in [2.05, 4.69) is 0 Å². The SMILES string of the molecule is COc1ccc(-c2oc3c(C)cc(C)cc3c(=O)c2OCc2ccccc2C)cc1. The van der Waals surface area contributed by atoms with Crippen LogP contribution in [0.1, 0.15) is 22.3 Å². The zero-order valence-electron chi connectivity index (χ0n) is 17.6. The van der Waals surface area contributed by atoms with Crippen molar-refractivity contribution < 1.29 is 13.9 Å². The summed E-state index contributed by atoms with van der Waals surface area (Å²) >= 11 is 0. The molecule has 152 valence electrons. The minimum atomic E-state index is -0.164. The number of methoxy groups -OCH3 is 1. The molecule has 1 aromatic heterocycles. The predicted octanol–water partition coefficient (Wildman–Crippen LogP) is 5.97. The van der Waals surface area contributed by atoms with Crippen LogP contribution in [-0.4, -0.2) is 7.11 Å². The minimum Gasteiger partial charge on any atom is -0.497 e. The lowest BCUT2D eigenvalue weighted by Gasteiger charge is -2.14. The van der Waals surface area contributed by atoms with E-state index in [-0.39, 0.29) is 17.8 Å². The highest BCUT2D eigenvalue weighted by Crippen LogP contribution is 2.34. The second-order valence-corrected chi connectivity index (χ2v) is 7.49. The first-order valence-corrected chi connectivity index (χ1v) is 9.87. The Morgan fingerprint density at radius 1 is 0.900 bits per heavy atom. The molecule has 0 aliphatic heterocycles. The summed E-state index contributed by atoms with van der Waals surface area (Å²) in [5, 5.41) is 0.532. The van der Waals surface area contributed by atoms with Gasteiger partial charge in [-0.1, -0.05) is 30.3 Å². The van der Waals surface area contributed by atoms with E-state index in [0.29, 0.717) is 16.7 Å². The molecule has 30 heavy (non-hydrogen) atoms. The largest absolute Gasteiger partial charge is 0.497 e. The molecule has 0 saturated heterocycles. The molecule has 0 atom stereocenters. The number of hydrogen-bond donors (Lipinski definition) is 0. The Morgan fingerprint density at radius 3 is 2.33 bits per heavy atom. The summed E-state index contributed by atoms with van der Waals surface area (Å²) in [4.78, 5) is 13.4. The summed E-state index contributed by atoms with van der Waals surface area (Å²) in [6.45, 7) is 6.23. The third-order valence-electron chi connectivity index (χ3n) is 5.27. The lowest BCUT2D eigenvalue weighted by molar-refractivity contribution is 0.297. The van der Waals surface area contributed by atoms with Crippen LogP contribution >= 0.6 is 0 Å². The van der Waals surface area contributed by atoms with Gasteiger partial charge in [-0.05, 0) is 73.4 Å². The number of rotatable bonds is 5. The van der Waals surface area contributed by atoms with E-state index in [4.69, 9.17) is 13.9 Å². The van der Waals surface area contributed by atoms with Gasteiger partial charge >= 0.3 is 0 Å². The molecule has 4 aromatic rings. The zero-order valence-corrected chi connectivity index (χ0v) is 17.6. The molecule has 0 N–H and O–H groups in total. The summed E-state index contributed by atoms with van der Waals surface area (Å²) in [5.74, 6) is 1.38. The van der Waals surface area contributed by atoms with E-state index < -0.39 is 0 Å². The Balaban J connectivity index is 1.89. The molecular weight excluding hydrogens is 376 g/mol. The van der Waals surface area contributed by atoms with Crippen LogP contribution in [0.5, 0.6) is 11.5 Å². The third-order valence-corrected chi connectivity index (χ3v) is 5.27. The second kappa shape index (κ2) is 8.07. The molecule has 0 radical (unpaired) electrons. The maximum absolute atomic E-state index is 13.4. The van der Waals surface area contributed by atoms with Crippen molar-refractivity contribution >= 4 is 11.0 Å². The van der Waals surface area contributed by atoms with Crippen LogP contribution in [0.25, 0.3) is 22.3 Å². The molecule has 0 amide bonds. The Kier molecular flexibility index (Phi) is 5.32. The van der Waals surface area contributed by atoms with Crippen LogP contribution < -0.4 is 14.9 Å². The lowest BCUT2D eigenvalue weighted by atomic mass is 10.0. The average Bonchev–Trinajstić information content (AvgIpc) is 2.74. The molecule has 0 bridgehead atoms. The van der Waals surface area contributed by atoms with E-state index in [1.165, 1.54) is 0 Å². The highest BCUT2D eigenvalue weighted by molar-refractivity contribution is 5.85. The van der Waals surface area contributed by atoms with Gasteiger partial charge in [0, 0.05) is 5.56 Å². The van der Waals surface area contributed by atoms with Crippen LogP contribution in [0.15, 0.2) is 69.9 Å². The van der Waals surface area contributed by atoms with Gasteiger partial charge in [-0.25, -0.2) is 0 Å². The molecule has 0 aliphatic carbocycles. The Labute approximate surface area is 175 Å². The molecule has 0 spiro atoms. The van der Waals surface area contributed by atoms with E-state index >= 15 is 0 Å². The molecule has 3 aromatic carbocycles. The van der Waals surface area contributed by atoms with Crippen LogP contribution in [0.3, 0.4) is 0 Å². The Bertz CT molecular complexity index is 1270. The predicted molar refractivity (Wildman–Crippen MR) is 119 cm³/mol. The molecule has 4 nitrogen and oxygen atoms in total. The van der Waals surface area contributed by atoms with Crippen molar-refractivity contribution in [2.75, 3.05) is 7.11 Å². The first-order valence-electron chi connectivity index (χ1n) is 9.87. The van der Waals surface area contributed by atoms with Gasteiger partial charge in [0.1, 0.15) is 17.9 Å². The number of fused-ring (bicyclic) bond motifs is 1. The molecule has 0 unspecified atom stereocenters. The van der Waals surface area contributed by atoms with Gasteiger partial charge < -0.3 is 13.9 Å². The maximum atomic E-state index is 13.4. The first kappa shape index (κ1) is 19.8. The quantitative estimate of drug-likeness (QED) is 0.414. The van der Waals surface area contributed by atoms with Crippen molar-refractivity contribution in [2.45, 2.75) is 27.4 Å². The molecule has 0 saturated carbocycles. The van der Waals surface area contributed by atoms with E-state index in [9.17, 15) is 4.79 Å². The van der Waals surface area contributed by atoms with Crippen LogP contribution in [0.4, 0.5) is 0 Å². The highest BCUT2D eigenvalue weighted by Gasteiger charge is 2.19. The smallest absolute Gasteiger partial charge is 0.235 e. The van der Waals surface area contributed by atoms with E-state index in [1.807, 2.05) is 81.4 Å². The summed E-state index contributed by atoms with van der Waals surface area (Å²) in [5.41, 5.74) is 5.24. The Morgan fingerprint density at radius 2 is 1.63 bits per heavy atom. The highest BCUT2D eigenvalue weighted by atomic mass is 16.5. The van der Waals surface area contributed by atoms with Gasteiger partial charge in [0.2, 0.25) is 11.2 Å². The molecule has 4 heteroatoms. The van der Waals surface area contributed by atoms with Crippen LogP contribution in [-0.2, 0) is 6.61 Å². The van der Waals surface area contributed by atoms with Crippen molar-refractivity contribution in [3.63, 3.8) is 0 Å². The molecule has 0 fully saturated rings. The zero-order chi connectivity index (χ0) is 21.3. The van der Waals surface area contributed by atoms with E-state index in [1.54, 1.807) is 7.11 Å². The van der Waals surface area contributed by atoms with Gasteiger partial charge in [-0.15, -0.1) is 0 Å². The van der Waals surface area contributed by atoms with Gasteiger partial charge in [0.15, 0.2) is 5.76 Å². The van der Waals surface area contributed by atoms with Gasteiger partial charge in [0.05, 0.1) is 12.5 Å². The summed E-state index contributed by atoms with van der Waals surface area (Å²) in [7, 11) is 1.62. The molecule has 1 heterocycles. The number of aryl methyl sites for hydroxylation is 3. The van der Waals surface area contributed by atoms with Gasteiger partial charge in [0.25, 0.3) is 0 Å².